The summed E-state index contributed by atoms with van der Waals surface area (Å²) in [4.78, 5) is 30.1. The number of carbonyl (C=O) groups is 1. The van der Waals surface area contributed by atoms with Gasteiger partial charge in [-0.25, -0.2) is 4.68 Å². The summed E-state index contributed by atoms with van der Waals surface area (Å²) in [6, 6.07) is 11.3. The van der Waals surface area contributed by atoms with Gasteiger partial charge in [-0.05, 0) is 56.6 Å². The van der Waals surface area contributed by atoms with Gasteiger partial charge in [-0.3, -0.25) is 14.5 Å². The second kappa shape index (κ2) is 8.61. The molecule has 1 aliphatic heterocycles. The minimum Gasteiger partial charge on any atom is -0.361 e. The van der Waals surface area contributed by atoms with Gasteiger partial charge in [0.1, 0.15) is 0 Å². The van der Waals surface area contributed by atoms with Crippen molar-refractivity contribution in [3.8, 4) is 0 Å². The number of amides is 1. The molecule has 3 aromatic rings. The van der Waals surface area contributed by atoms with Crippen LogP contribution < -0.4 is 10.9 Å². The summed E-state index contributed by atoms with van der Waals surface area (Å²) in [5.74, 6) is -0.0461. The van der Waals surface area contributed by atoms with E-state index in [-0.39, 0.29) is 17.5 Å². The van der Waals surface area contributed by atoms with Crippen LogP contribution in [0.15, 0.2) is 47.4 Å². The zero-order valence-corrected chi connectivity index (χ0v) is 16.7. The van der Waals surface area contributed by atoms with Crippen molar-refractivity contribution in [1.82, 2.24) is 25.0 Å². The molecule has 7 nitrogen and oxygen atoms in total. The molecule has 1 atom stereocenters. The fraction of sp³-hybridized carbons (Fsp3) is 0.409. The molecule has 2 N–H and O–H groups in total. The van der Waals surface area contributed by atoms with Crippen LogP contribution in [0.25, 0.3) is 10.9 Å². The number of hydrogen-bond acceptors (Lipinski definition) is 4. The number of nitrogens with zero attached hydrogens (tertiary/aromatic N) is 3. The van der Waals surface area contributed by atoms with Crippen LogP contribution in [0.1, 0.15) is 35.3 Å². The van der Waals surface area contributed by atoms with Gasteiger partial charge in [-0.2, -0.15) is 5.10 Å². The highest BCUT2D eigenvalue weighted by Crippen LogP contribution is 2.17. The highest BCUT2D eigenvalue weighted by Gasteiger charge is 2.23. The first-order chi connectivity index (χ1) is 14.1. The number of aromatic nitrogens is 3. The summed E-state index contributed by atoms with van der Waals surface area (Å²) in [7, 11) is 0. The Morgan fingerprint density at radius 2 is 2.10 bits per heavy atom. The molecule has 152 valence electrons. The van der Waals surface area contributed by atoms with Gasteiger partial charge >= 0.3 is 0 Å². The third-order valence-corrected chi connectivity index (χ3v) is 5.66. The van der Waals surface area contributed by atoms with Crippen LogP contribution in [0.4, 0.5) is 0 Å². The summed E-state index contributed by atoms with van der Waals surface area (Å²) < 4.78 is 1.53. The SMILES string of the molecule is Cc1ccc(=O)n(CCN2CCCCC2CNC(=O)c2ccc3[nH]ccc3c2)n1. The van der Waals surface area contributed by atoms with Gasteiger partial charge in [-0.15, -0.1) is 0 Å². The molecule has 1 aliphatic rings. The Morgan fingerprint density at radius 1 is 1.21 bits per heavy atom. The lowest BCUT2D eigenvalue weighted by Crippen LogP contribution is -2.48. The third kappa shape index (κ3) is 4.56. The molecule has 0 spiro atoms. The Hall–Kier alpha value is -2.93. The Morgan fingerprint density at radius 3 is 3.00 bits per heavy atom. The van der Waals surface area contributed by atoms with Gasteiger partial charge in [0.2, 0.25) is 0 Å². The number of piperidine rings is 1. The van der Waals surface area contributed by atoms with Crippen molar-refractivity contribution in [1.29, 1.82) is 0 Å². The van der Waals surface area contributed by atoms with E-state index in [2.05, 4.69) is 20.3 Å². The Kier molecular flexibility index (Phi) is 5.76. The number of benzene rings is 1. The average molecular weight is 393 g/mol. The number of carbonyl (C=O) groups excluding carboxylic acids is 1. The lowest BCUT2D eigenvalue weighted by molar-refractivity contribution is 0.0909. The highest BCUT2D eigenvalue weighted by molar-refractivity contribution is 5.98. The van der Waals surface area contributed by atoms with E-state index in [1.165, 1.54) is 4.68 Å². The first-order valence-corrected chi connectivity index (χ1v) is 10.2. The van der Waals surface area contributed by atoms with E-state index < -0.39 is 0 Å². The van der Waals surface area contributed by atoms with Crippen molar-refractivity contribution in [2.24, 2.45) is 0 Å². The maximum atomic E-state index is 12.6. The number of aryl methyl sites for hydroxylation is 1. The maximum absolute atomic E-state index is 12.6. The fourth-order valence-corrected chi connectivity index (χ4v) is 4.03. The van der Waals surface area contributed by atoms with E-state index in [0.717, 1.165) is 48.9 Å². The topological polar surface area (TPSA) is 83.0 Å². The quantitative estimate of drug-likeness (QED) is 0.673. The molecule has 1 unspecified atom stereocenters. The zero-order chi connectivity index (χ0) is 20.2. The van der Waals surface area contributed by atoms with Crippen molar-refractivity contribution in [3.63, 3.8) is 0 Å². The van der Waals surface area contributed by atoms with Gasteiger partial charge in [-0.1, -0.05) is 6.42 Å². The Labute approximate surface area is 169 Å². The van der Waals surface area contributed by atoms with Crippen LogP contribution in [-0.4, -0.2) is 51.2 Å². The predicted molar refractivity (Wildman–Crippen MR) is 113 cm³/mol. The Bertz CT molecular complexity index is 1050. The summed E-state index contributed by atoms with van der Waals surface area (Å²) in [5, 5.41) is 8.46. The van der Waals surface area contributed by atoms with Gasteiger partial charge in [0.05, 0.1) is 12.2 Å². The summed E-state index contributed by atoms with van der Waals surface area (Å²) in [5.41, 5.74) is 2.47. The van der Waals surface area contributed by atoms with Crippen molar-refractivity contribution >= 4 is 16.8 Å². The number of nitrogens with one attached hydrogen (secondary N) is 2. The van der Waals surface area contributed by atoms with E-state index in [0.29, 0.717) is 18.7 Å². The second-order valence-corrected chi connectivity index (χ2v) is 7.71. The Balaban J connectivity index is 1.36. The molecule has 1 saturated heterocycles. The lowest BCUT2D eigenvalue weighted by Gasteiger charge is -2.35. The van der Waals surface area contributed by atoms with E-state index in [4.69, 9.17) is 0 Å². The van der Waals surface area contributed by atoms with Crippen LogP contribution in [0, 0.1) is 6.92 Å². The van der Waals surface area contributed by atoms with E-state index in [1.807, 2.05) is 37.4 Å². The van der Waals surface area contributed by atoms with Crippen molar-refractivity contribution in [2.45, 2.75) is 38.8 Å². The van der Waals surface area contributed by atoms with Crippen LogP contribution in [0.5, 0.6) is 0 Å². The van der Waals surface area contributed by atoms with E-state index in [9.17, 15) is 9.59 Å². The molecule has 4 rings (SSSR count). The molecule has 1 aromatic carbocycles. The third-order valence-electron chi connectivity index (χ3n) is 5.66. The normalized spacial score (nSPS) is 17.5. The molecular weight excluding hydrogens is 366 g/mol. The molecule has 0 saturated carbocycles. The van der Waals surface area contributed by atoms with Crippen molar-refractivity contribution < 1.29 is 4.79 Å². The first-order valence-electron chi connectivity index (χ1n) is 10.2. The van der Waals surface area contributed by atoms with Gasteiger partial charge in [0.15, 0.2) is 0 Å². The summed E-state index contributed by atoms with van der Waals surface area (Å²) in [6.07, 6.45) is 5.23. The summed E-state index contributed by atoms with van der Waals surface area (Å²) in [6.45, 7) is 4.80. The van der Waals surface area contributed by atoms with Crippen LogP contribution >= 0.6 is 0 Å². The van der Waals surface area contributed by atoms with Gasteiger partial charge < -0.3 is 10.3 Å². The standard InChI is InChI=1S/C22H27N5O2/c1-16-5-8-21(28)27(25-16)13-12-26-11-3-2-4-19(26)15-24-22(29)18-6-7-20-17(14-18)9-10-23-20/h5-10,14,19,23H,2-4,11-13,15H2,1H3,(H,24,29). The average Bonchev–Trinajstić information content (AvgIpc) is 3.21. The maximum Gasteiger partial charge on any atom is 0.266 e. The van der Waals surface area contributed by atoms with Crippen molar-refractivity contribution in [2.75, 3.05) is 19.6 Å². The largest absolute Gasteiger partial charge is 0.361 e. The molecule has 2 aromatic heterocycles. The minimum absolute atomic E-state index is 0.0461. The number of H-pyrrole nitrogens is 1. The minimum atomic E-state index is -0.0717. The number of fused-ring (bicyclic) bond motifs is 1. The van der Waals surface area contributed by atoms with Crippen molar-refractivity contribution in [3.05, 3.63) is 64.2 Å². The zero-order valence-electron chi connectivity index (χ0n) is 16.7. The highest BCUT2D eigenvalue weighted by atomic mass is 16.1. The number of aromatic amines is 1. The van der Waals surface area contributed by atoms with Gasteiger partial charge in [0.25, 0.3) is 11.5 Å². The molecule has 7 heteroatoms. The summed E-state index contributed by atoms with van der Waals surface area (Å²) >= 11 is 0. The molecule has 0 radical (unpaired) electrons. The molecule has 3 heterocycles. The van der Waals surface area contributed by atoms with E-state index in [1.54, 1.807) is 12.1 Å². The lowest BCUT2D eigenvalue weighted by atomic mass is 10.0. The second-order valence-electron chi connectivity index (χ2n) is 7.71. The number of likely N-dealkylation sites (tertiary alicyclic amines) is 1. The molecular formula is C22H27N5O2. The molecule has 29 heavy (non-hydrogen) atoms. The van der Waals surface area contributed by atoms with Gasteiger partial charge in [0, 0.05) is 47.9 Å². The number of hydrogen-bond donors (Lipinski definition) is 2. The predicted octanol–water partition coefficient (Wildman–Crippen LogP) is 2.32. The van der Waals surface area contributed by atoms with Crippen LogP contribution in [0.2, 0.25) is 0 Å². The molecule has 1 fully saturated rings. The van der Waals surface area contributed by atoms with E-state index >= 15 is 0 Å². The first kappa shape index (κ1) is 19.4. The fourth-order valence-electron chi connectivity index (χ4n) is 4.03. The monoisotopic (exact) mass is 393 g/mol. The van der Waals surface area contributed by atoms with Crippen LogP contribution in [0.3, 0.4) is 0 Å². The van der Waals surface area contributed by atoms with Crippen LogP contribution in [-0.2, 0) is 6.54 Å². The molecule has 0 aliphatic carbocycles. The number of rotatable bonds is 6. The smallest absolute Gasteiger partial charge is 0.266 e. The molecule has 1 amide bonds. The molecule has 0 bridgehead atoms.